The molecular formula is C72H66BBrCl4MgN2. The molecule has 1 heterocycles. The van der Waals surface area contributed by atoms with Crippen LogP contribution < -0.4 is 43.2 Å². The third-order valence-corrected chi connectivity index (χ3v) is 14.7. The molecule has 0 saturated carbocycles. The number of hydrogen-bond donors (Lipinski definition) is 0. The van der Waals surface area contributed by atoms with Gasteiger partial charge in [0.05, 0.1) is 20.1 Å². The average molecular weight is 1220 g/mol. The molecule has 0 bridgehead atoms. The van der Waals surface area contributed by atoms with Gasteiger partial charge in [-0.2, -0.15) is 0 Å². The SMILES string of the molecule is C=C(C)c1[c-]cccc1.C=C(C)c1ccccc1B1c2cc(C)ccc2N(c2ccc(C)cc2)c2ccc(C)cc21.Cc1ccc(N(c2ccc(C)cc2)c2ccc(C)cc2)cc1.Clc1ccccc1Cl.Clc1ccccc1Cl.[Br-].[Mg+2]. The summed E-state index contributed by atoms with van der Waals surface area (Å²) in [6.07, 6.45) is 0. The summed E-state index contributed by atoms with van der Waals surface area (Å²) in [6, 6.07) is 82.6. The van der Waals surface area contributed by atoms with Crippen LogP contribution in [0.25, 0.3) is 11.1 Å². The maximum absolute atomic E-state index is 5.58. The summed E-state index contributed by atoms with van der Waals surface area (Å²) < 4.78 is 0. The Labute approximate surface area is 529 Å². The van der Waals surface area contributed by atoms with Crippen LogP contribution in [-0.2, 0) is 0 Å². The summed E-state index contributed by atoms with van der Waals surface area (Å²) >= 11 is 22.3. The fourth-order valence-electron chi connectivity index (χ4n) is 9.03. The first-order chi connectivity index (χ1) is 38.0. The van der Waals surface area contributed by atoms with E-state index in [1.807, 2.05) is 55.5 Å². The molecule has 0 spiro atoms. The van der Waals surface area contributed by atoms with E-state index in [-0.39, 0.29) is 46.7 Å². The van der Waals surface area contributed by atoms with Gasteiger partial charge in [-0.25, -0.2) is 0 Å². The smallest absolute Gasteiger partial charge is 1.00 e. The van der Waals surface area contributed by atoms with Crippen molar-refractivity contribution in [1.29, 1.82) is 0 Å². The topological polar surface area (TPSA) is 6.48 Å². The maximum Gasteiger partial charge on any atom is 2.00 e. The predicted octanol–water partition coefficient (Wildman–Crippen LogP) is 17.2. The number of halogens is 5. The molecule has 0 aliphatic carbocycles. The molecule has 0 aromatic heterocycles. The molecule has 10 aromatic rings. The zero-order valence-electron chi connectivity index (χ0n) is 47.4. The number of benzene rings is 10. The Kier molecular flexibility index (Phi) is 25.8. The minimum atomic E-state index is 0. The standard InChI is InChI=1S/C30H28BN.C21H21N.C9H9.2C6H4Cl2.BrH.Mg/c1-20(2)25-8-6-7-9-26(25)31-27-18-22(4)12-16-29(27)32(24-14-10-21(3)11-15-24)30-17-13-23(5)19-28(30)31;1-16-4-10-19(11-5-16)22(20-12-6-17(2)7-13-20)21-14-8-18(3)9-15-21;1-8(2)9-6-4-3-5-7-9;2*7-5-3-1-2-4-6(5)8;;/h6-19H,1H2,2-5H3;4-15H,1-3H3;3-6H,1H2,2H3;2*1-4H;1H;/q;;-1;;;;+2/p-1. The van der Waals surface area contributed by atoms with Crippen LogP contribution in [0.3, 0.4) is 0 Å². The first kappa shape index (κ1) is 65.6. The Morgan fingerprint density at radius 1 is 0.407 bits per heavy atom. The Hall–Kier alpha value is -6.25. The van der Waals surface area contributed by atoms with E-state index >= 15 is 0 Å². The Bertz CT molecular complexity index is 3380. The third kappa shape index (κ3) is 18.1. The van der Waals surface area contributed by atoms with E-state index in [1.54, 1.807) is 24.3 Å². The van der Waals surface area contributed by atoms with E-state index < -0.39 is 0 Å². The molecule has 0 N–H and O–H groups in total. The Morgan fingerprint density at radius 2 is 0.753 bits per heavy atom. The van der Waals surface area contributed by atoms with E-state index in [9.17, 15) is 0 Å². The van der Waals surface area contributed by atoms with Crippen molar-refractivity contribution in [2.75, 3.05) is 9.80 Å². The number of nitrogens with zero attached hydrogens (tertiary/aromatic N) is 2. The van der Waals surface area contributed by atoms with Crippen molar-refractivity contribution in [2.24, 2.45) is 0 Å². The molecule has 11 rings (SSSR count). The molecule has 0 fully saturated rings. The number of anilines is 6. The van der Waals surface area contributed by atoms with Gasteiger partial charge in [0.25, 0.3) is 0 Å². The number of aryl methyl sites for hydroxylation is 6. The van der Waals surface area contributed by atoms with Gasteiger partial charge in [-0.05, 0) is 150 Å². The first-order valence-electron chi connectivity index (χ1n) is 26.2. The molecule has 404 valence electrons. The predicted molar refractivity (Wildman–Crippen MR) is 355 cm³/mol. The largest absolute Gasteiger partial charge is 2.00 e. The van der Waals surface area contributed by atoms with Gasteiger partial charge >= 0.3 is 23.1 Å². The van der Waals surface area contributed by atoms with Gasteiger partial charge in [0.2, 0.25) is 6.71 Å². The quantitative estimate of drug-likeness (QED) is 0.116. The second-order valence-corrected chi connectivity index (χ2v) is 21.5. The van der Waals surface area contributed by atoms with Crippen LogP contribution in [0, 0.1) is 47.6 Å². The molecule has 0 saturated heterocycles. The Morgan fingerprint density at radius 3 is 1.09 bits per heavy atom. The summed E-state index contributed by atoms with van der Waals surface area (Å²) in [4.78, 5) is 4.71. The van der Waals surface area contributed by atoms with Gasteiger partial charge in [0.1, 0.15) is 0 Å². The zero-order valence-corrected chi connectivity index (χ0v) is 53.4. The summed E-state index contributed by atoms with van der Waals surface area (Å²) in [5, 5.41) is 2.42. The number of allylic oxidation sites excluding steroid dienone is 2. The summed E-state index contributed by atoms with van der Waals surface area (Å²) in [5.74, 6) is 0. The van der Waals surface area contributed by atoms with Crippen LogP contribution in [0.15, 0.2) is 244 Å². The second kappa shape index (κ2) is 31.8. The summed E-state index contributed by atoms with van der Waals surface area (Å²) in [5.41, 5.74) is 23.4. The van der Waals surface area contributed by atoms with E-state index in [0.29, 0.717) is 20.1 Å². The molecule has 1 aliphatic rings. The van der Waals surface area contributed by atoms with E-state index in [0.717, 1.165) is 16.7 Å². The molecule has 10 aromatic carbocycles. The molecule has 0 atom stereocenters. The van der Waals surface area contributed by atoms with Crippen LogP contribution in [0.4, 0.5) is 34.1 Å². The molecule has 0 amide bonds. The number of fused-ring (bicyclic) bond motifs is 2. The van der Waals surface area contributed by atoms with Crippen molar-refractivity contribution in [3.8, 4) is 0 Å². The first-order valence-corrected chi connectivity index (χ1v) is 27.8. The Balaban J connectivity index is 0.000000210. The maximum atomic E-state index is 5.58. The van der Waals surface area contributed by atoms with Crippen LogP contribution in [0.2, 0.25) is 20.1 Å². The van der Waals surface area contributed by atoms with Crippen molar-refractivity contribution in [3.63, 3.8) is 0 Å². The number of hydrogen-bond acceptors (Lipinski definition) is 2. The van der Waals surface area contributed by atoms with Crippen molar-refractivity contribution in [3.05, 3.63) is 314 Å². The average Bonchev–Trinajstić information content (AvgIpc) is 3.59. The van der Waals surface area contributed by atoms with Gasteiger partial charge in [-0.1, -0.05) is 226 Å². The van der Waals surface area contributed by atoms with Gasteiger partial charge in [-0.15, -0.1) is 48.0 Å². The molecule has 81 heavy (non-hydrogen) atoms. The normalized spacial score (nSPS) is 10.6. The van der Waals surface area contributed by atoms with Gasteiger partial charge in [-0.3, -0.25) is 0 Å². The van der Waals surface area contributed by atoms with Crippen LogP contribution in [-0.4, -0.2) is 29.8 Å². The molecule has 1 aliphatic heterocycles. The monoisotopic (exact) mass is 1210 g/mol. The minimum absolute atomic E-state index is 0. The van der Waals surface area contributed by atoms with Gasteiger partial charge in [0, 0.05) is 34.1 Å². The fourth-order valence-corrected chi connectivity index (χ4v) is 9.57. The second-order valence-electron chi connectivity index (χ2n) is 19.8. The van der Waals surface area contributed by atoms with Crippen LogP contribution in [0.1, 0.15) is 58.4 Å². The van der Waals surface area contributed by atoms with Crippen molar-refractivity contribution in [2.45, 2.75) is 55.4 Å². The third-order valence-electron chi connectivity index (χ3n) is 13.2. The minimum Gasteiger partial charge on any atom is -1.00 e. The van der Waals surface area contributed by atoms with Gasteiger partial charge in [0.15, 0.2) is 0 Å². The van der Waals surface area contributed by atoms with E-state index in [1.165, 1.54) is 89.5 Å². The van der Waals surface area contributed by atoms with Crippen LogP contribution in [0.5, 0.6) is 0 Å². The molecular weight excluding hydrogens is 1150 g/mol. The van der Waals surface area contributed by atoms with Crippen molar-refractivity contribution >= 4 is 138 Å². The fraction of sp³-hybridized carbons (Fsp3) is 0.111. The summed E-state index contributed by atoms with van der Waals surface area (Å²) in [6.45, 7) is 25.2. The van der Waals surface area contributed by atoms with E-state index in [4.69, 9.17) is 46.4 Å². The van der Waals surface area contributed by atoms with E-state index in [2.05, 4.69) is 235 Å². The van der Waals surface area contributed by atoms with Crippen molar-refractivity contribution in [1.82, 2.24) is 0 Å². The summed E-state index contributed by atoms with van der Waals surface area (Å²) in [7, 11) is 0. The molecule has 2 nitrogen and oxygen atoms in total. The number of rotatable bonds is 7. The molecule has 0 unspecified atom stereocenters. The molecule has 0 radical (unpaired) electrons. The van der Waals surface area contributed by atoms with Crippen LogP contribution >= 0.6 is 46.4 Å². The van der Waals surface area contributed by atoms with Gasteiger partial charge < -0.3 is 26.8 Å². The van der Waals surface area contributed by atoms with Crippen molar-refractivity contribution < 1.29 is 17.0 Å². The molecule has 9 heteroatoms. The zero-order chi connectivity index (χ0) is 56.6.